The highest BCUT2D eigenvalue weighted by Crippen LogP contribution is 2.20. The predicted octanol–water partition coefficient (Wildman–Crippen LogP) is 4.95. The number of pyridine rings is 1. The molecule has 0 aliphatic heterocycles. The molecule has 7 heteroatoms. The van der Waals surface area contributed by atoms with Gasteiger partial charge in [0, 0.05) is 17.6 Å². The van der Waals surface area contributed by atoms with Crippen molar-refractivity contribution < 1.29 is 0 Å². The molecular formula is C20H23N7. The molecule has 0 amide bonds. The Morgan fingerprint density at radius 3 is 2.37 bits per heavy atom. The summed E-state index contributed by atoms with van der Waals surface area (Å²) in [6.07, 6.45) is 3.42. The summed E-state index contributed by atoms with van der Waals surface area (Å²) in [5.74, 6) is 1.85. The zero-order chi connectivity index (χ0) is 19.1. The van der Waals surface area contributed by atoms with Crippen molar-refractivity contribution in [2.45, 2.75) is 33.6 Å². The Bertz CT molecular complexity index is 917. The van der Waals surface area contributed by atoms with E-state index in [1.807, 2.05) is 49.4 Å². The third-order valence-electron chi connectivity index (χ3n) is 3.88. The van der Waals surface area contributed by atoms with E-state index in [4.69, 9.17) is 0 Å². The largest absolute Gasteiger partial charge is 0.324 e. The van der Waals surface area contributed by atoms with Crippen molar-refractivity contribution in [2.75, 3.05) is 10.6 Å². The minimum atomic E-state index is 0.372. The first kappa shape index (κ1) is 18.4. The van der Waals surface area contributed by atoms with Gasteiger partial charge in [-0.2, -0.15) is 15.0 Å². The Morgan fingerprint density at radius 1 is 0.926 bits per heavy atom. The number of nitrogens with zero attached hydrogens (tertiary/aromatic N) is 5. The Labute approximate surface area is 159 Å². The SMILES string of the molecule is CCC(CC)=Nc1nc(Nc2cccc(C)c2)nc(Nc2ccccn2)n1. The van der Waals surface area contributed by atoms with Gasteiger partial charge in [-0.3, -0.25) is 0 Å². The lowest BCUT2D eigenvalue weighted by Gasteiger charge is -2.09. The number of hydrogen-bond acceptors (Lipinski definition) is 7. The molecule has 2 N–H and O–H groups in total. The van der Waals surface area contributed by atoms with E-state index >= 15 is 0 Å². The minimum Gasteiger partial charge on any atom is -0.324 e. The van der Waals surface area contributed by atoms with Crippen molar-refractivity contribution in [1.82, 2.24) is 19.9 Å². The molecule has 0 radical (unpaired) electrons. The van der Waals surface area contributed by atoms with E-state index in [2.05, 4.69) is 49.4 Å². The lowest BCUT2D eigenvalue weighted by atomic mass is 10.2. The number of aliphatic imine (C=N–C) groups is 1. The fourth-order valence-corrected chi connectivity index (χ4v) is 2.48. The van der Waals surface area contributed by atoms with Gasteiger partial charge >= 0.3 is 0 Å². The Morgan fingerprint density at radius 2 is 1.70 bits per heavy atom. The van der Waals surface area contributed by atoms with Crippen LogP contribution in [0.1, 0.15) is 32.3 Å². The maximum Gasteiger partial charge on any atom is 0.255 e. The molecule has 3 rings (SSSR count). The van der Waals surface area contributed by atoms with Crippen molar-refractivity contribution in [3.8, 4) is 0 Å². The molecule has 7 nitrogen and oxygen atoms in total. The summed E-state index contributed by atoms with van der Waals surface area (Å²) in [6.45, 7) is 6.18. The number of rotatable bonds is 7. The first-order valence-electron chi connectivity index (χ1n) is 9.00. The number of anilines is 4. The molecule has 0 bridgehead atoms. The van der Waals surface area contributed by atoms with Gasteiger partial charge in [0.05, 0.1) is 0 Å². The average molecular weight is 361 g/mol. The molecule has 27 heavy (non-hydrogen) atoms. The van der Waals surface area contributed by atoms with Crippen LogP contribution in [0.25, 0.3) is 0 Å². The molecular weight excluding hydrogens is 338 g/mol. The average Bonchev–Trinajstić information content (AvgIpc) is 2.67. The standard InChI is InChI=1S/C20H23N7/c1-4-15(5-2)22-18-25-19(23-16-10-8-9-14(3)13-16)27-20(26-18)24-17-11-6-7-12-21-17/h6-13H,4-5H2,1-3H3,(H2,21,23,24,25,26,27). The van der Waals surface area contributed by atoms with Gasteiger partial charge in [-0.05, 0) is 49.6 Å². The smallest absolute Gasteiger partial charge is 0.255 e. The molecule has 138 valence electrons. The molecule has 3 aromatic rings. The van der Waals surface area contributed by atoms with Gasteiger partial charge in [0.15, 0.2) is 0 Å². The summed E-state index contributed by atoms with van der Waals surface area (Å²) >= 11 is 0. The normalized spacial score (nSPS) is 10.3. The van der Waals surface area contributed by atoms with E-state index in [9.17, 15) is 0 Å². The zero-order valence-corrected chi connectivity index (χ0v) is 15.8. The van der Waals surface area contributed by atoms with E-state index in [-0.39, 0.29) is 0 Å². The quantitative estimate of drug-likeness (QED) is 0.579. The Hall–Kier alpha value is -3.35. The van der Waals surface area contributed by atoms with Crippen LogP contribution in [0, 0.1) is 6.92 Å². The van der Waals surface area contributed by atoms with Crippen molar-refractivity contribution >= 4 is 35.1 Å². The van der Waals surface area contributed by atoms with E-state index in [0.717, 1.165) is 29.8 Å². The van der Waals surface area contributed by atoms with Crippen molar-refractivity contribution in [2.24, 2.45) is 4.99 Å². The van der Waals surface area contributed by atoms with Crippen LogP contribution >= 0.6 is 0 Å². The second-order valence-electron chi connectivity index (χ2n) is 6.00. The second-order valence-corrected chi connectivity index (χ2v) is 6.00. The molecule has 0 fully saturated rings. The highest BCUT2D eigenvalue weighted by atomic mass is 15.3. The summed E-state index contributed by atoms with van der Waals surface area (Å²) in [5, 5.41) is 6.34. The van der Waals surface area contributed by atoms with Crippen LogP contribution in [0.2, 0.25) is 0 Å². The summed E-state index contributed by atoms with van der Waals surface area (Å²) in [4.78, 5) is 22.2. The molecule has 1 aromatic carbocycles. The summed E-state index contributed by atoms with van der Waals surface area (Å²) < 4.78 is 0. The molecule has 0 spiro atoms. The van der Waals surface area contributed by atoms with Gasteiger partial charge in [-0.1, -0.05) is 32.0 Å². The number of aryl methyl sites for hydroxylation is 1. The number of nitrogens with one attached hydrogen (secondary N) is 2. The van der Waals surface area contributed by atoms with Crippen LogP contribution < -0.4 is 10.6 Å². The molecule has 0 atom stereocenters. The van der Waals surface area contributed by atoms with E-state index < -0.39 is 0 Å². The van der Waals surface area contributed by atoms with Crippen molar-refractivity contribution in [1.29, 1.82) is 0 Å². The molecule has 0 unspecified atom stereocenters. The fraction of sp³-hybridized carbons (Fsp3) is 0.250. The topological polar surface area (TPSA) is 88.0 Å². The van der Waals surface area contributed by atoms with Crippen LogP contribution in [-0.2, 0) is 0 Å². The molecule has 2 heterocycles. The Kier molecular flexibility index (Phi) is 6.04. The maximum atomic E-state index is 4.57. The first-order valence-corrected chi connectivity index (χ1v) is 9.00. The monoisotopic (exact) mass is 361 g/mol. The molecule has 0 saturated heterocycles. The fourth-order valence-electron chi connectivity index (χ4n) is 2.48. The van der Waals surface area contributed by atoms with Crippen LogP contribution in [0.3, 0.4) is 0 Å². The predicted molar refractivity (Wildman–Crippen MR) is 109 cm³/mol. The summed E-state index contributed by atoms with van der Waals surface area (Å²) in [5.41, 5.74) is 3.09. The second kappa shape index (κ2) is 8.84. The lowest BCUT2D eigenvalue weighted by molar-refractivity contribution is 1.03. The highest BCUT2D eigenvalue weighted by Gasteiger charge is 2.08. The van der Waals surface area contributed by atoms with Crippen molar-refractivity contribution in [3.05, 3.63) is 54.2 Å². The Balaban J connectivity index is 1.95. The van der Waals surface area contributed by atoms with E-state index in [0.29, 0.717) is 23.7 Å². The van der Waals surface area contributed by atoms with Crippen LogP contribution in [0.5, 0.6) is 0 Å². The maximum absolute atomic E-state index is 4.57. The van der Waals surface area contributed by atoms with Gasteiger partial charge in [-0.15, -0.1) is 0 Å². The van der Waals surface area contributed by atoms with Crippen LogP contribution in [-0.4, -0.2) is 25.6 Å². The van der Waals surface area contributed by atoms with E-state index in [1.165, 1.54) is 0 Å². The van der Waals surface area contributed by atoms with Crippen LogP contribution in [0.4, 0.5) is 29.4 Å². The number of aromatic nitrogens is 4. The summed E-state index contributed by atoms with van der Waals surface area (Å²) in [7, 11) is 0. The first-order chi connectivity index (χ1) is 13.2. The zero-order valence-electron chi connectivity index (χ0n) is 15.8. The van der Waals surface area contributed by atoms with Crippen molar-refractivity contribution in [3.63, 3.8) is 0 Å². The molecule has 0 aliphatic rings. The minimum absolute atomic E-state index is 0.372. The molecule has 0 saturated carbocycles. The number of hydrogen-bond donors (Lipinski definition) is 2. The third kappa shape index (κ3) is 5.31. The van der Waals surface area contributed by atoms with Gasteiger partial charge in [0.2, 0.25) is 11.9 Å². The summed E-state index contributed by atoms with van der Waals surface area (Å²) in [6, 6.07) is 13.6. The third-order valence-corrected chi connectivity index (χ3v) is 3.88. The highest BCUT2D eigenvalue weighted by molar-refractivity contribution is 5.85. The van der Waals surface area contributed by atoms with E-state index in [1.54, 1.807) is 6.20 Å². The molecule has 0 aliphatic carbocycles. The molecule has 2 aromatic heterocycles. The number of benzene rings is 1. The van der Waals surface area contributed by atoms with Crippen LogP contribution in [0.15, 0.2) is 53.7 Å². The van der Waals surface area contributed by atoms with Gasteiger partial charge in [-0.25, -0.2) is 9.98 Å². The van der Waals surface area contributed by atoms with Gasteiger partial charge in [0.1, 0.15) is 5.82 Å². The lowest BCUT2D eigenvalue weighted by Crippen LogP contribution is -2.05. The van der Waals surface area contributed by atoms with Gasteiger partial charge in [0.25, 0.3) is 5.95 Å². The van der Waals surface area contributed by atoms with Gasteiger partial charge < -0.3 is 10.6 Å².